The van der Waals surface area contributed by atoms with E-state index in [2.05, 4.69) is 25.8 Å². The molecule has 2 amide bonds. The van der Waals surface area contributed by atoms with Crippen molar-refractivity contribution in [2.24, 2.45) is 0 Å². The molecule has 2 aromatic heterocycles. The van der Waals surface area contributed by atoms with Crippen molar-refractivity contribution in [3.63, 3.8) is 0 Å². The number of nitrogens with zero attached hydrogens (tertiary/aromatic N) is 4. The van der Waals surface area contributed by atoms with Crippen LogP contribution in [0.4, 0.5) is 5.13 Å². The second-order valence-corrected chi connectivity index (χ2v) is 8.23. The standard InChI is InChI=1S/C17H24N6O2S2/c1-2-23-13(10-14(24)20-16-18-8-9-26-16)21-22-17(23)27-11-15(25)19-12-6-4-3-5-7-12/h8-9,12H,2-7,10-11H2,1H3,(H,19,25)(H,18,20,24). The first-order valence-electron chi connectivity index (χ1n) is 9.19. The molecular weight excluding hydrogens is 384 g/mol. The maximum absolute atomic E-state index is 12.2. The lowest BCUT2D eigenvalue weighted by molar-refractivity contribution is -0.119. The van der Waals surface area contributed by atoms with Gasteiger partial charge in [0.05, 0.1) is 12.2 Å². The Hall–Kier alpha value is -1.94. The number of hydrogen-bond donors (Lipinski definition) is 2. The van der Waals surface area contributed by atoms with E-state index < -0.39 is 0 Å². The van der Waals surface area contributed by atoms with Gasteiger partial charge < -0.3 is 15.2 Å². The molecule has 0 spiro atoms. The number of aromatic nitrogens is 4. The lowest BCUT2D eigenvalue weighted by Crippen LogP contribution is -2.37. The Morgan fingerprint density at radius 1 is 1.26 bits per heavy atom. The van der Waals surface area contributed by atoms with Crippen LogP contribution in [-0.4, -0.2) is 43.4 Å². The van der Waals surface area contributed by atoms with Crippen molar-refractivity contribution in [3.05, 3.63) is 17.4 Å². The number of anilines is 1. The van der Waals surface area contributed by atoms with Crippen LogP contribution in [0.2, 0.25) is 0 Å². The molecule has 2 aromatic rings. The van der Waals surface area contributed by atoms with E-state index in [0.29, 0.717) is 34.5 Å². The topological polar surface area (TPSA) is 102 Å². The quantitative estimate of drug-likeness (QED) is 0.651. The zero-order valence-electron chi connectivity index (χ0n) is 15.3. The Morgan fingerprint density at radius 2 is 2.07 bits per heavy atom. The van der Waals surface area contributed by atoms with Crippen LogP contribution in [-0.2, 0) is 22.6 Å². The third-order valence-electron chi connectivity index (χ3n) is 4.41. The van der Waals surface area contributed by atoms with Gasteiger partial charge in [-0.2, -0.15) is 0 Å². The van der Waals surface area contributed by atoms with E-state index in [0.717, 1.165) is 12.8 Å². The summed E-state index contributed by atoms with van der Waals surface area (Å²) < 4.78 is 1.87. The summed E-state index contributed by atoms with van der Waals surface area (Å²) in [4.78, 5) is 28.4. The number of amides is 2. The van der Waals surface area contributed by atoms with Crippen LogP contribution >= 0.6 is 23.1 Å². The first-order chi connectivity index (χ1) is 13.2. The summed E-state index contributed by atoms with van der Waals surface area (Å²) in [7, 11) is 0. The molecule has 0 atom stereocenters. The van der Waals surface area contributed by atoms with E-state index >= 15 is 0 Å². The predicted octanol–water partition coefficient (Wildman–Crippen LogP) is 2.48. The third kappa shape index (κ3) is 5.77. The second-order valence-electron chi connectivity index (χ2n) is 6.40. The number of thiazole rings is 1. The summed E-state index contributed by atoms with van der Waals surface area (Å²) >= 11 is 2.72. The predicted molar refractivity (Wildman–Crippen MR) is 106 cm³/mol. The molecule has 0 saturated heterocycles. The zero-order valence-corrected chi connectivity index (χ0v) is 16.9. The van der Waals surface area contributed by atoms with Gasteiger partial charge in [0.25, 0.3) is 0 Å². The number of thioether (sulfide) groups is 1. The molecular formula is C17H24N6O2S2. The molecule has 3 rings (SSSR count). The van der Waals surface area contributed by atoms with Gasteiger partial charge in [-0.25, -0.2) is 4.98 Å². The molecule has 1 aliphatic carbocycles. The van der Waals surface area contributed by atoms with Crippen molar-refractivity contribution in [1.29, 1.82) is 0 Å². The molecule has 0 radical (unpaired) electrons. The largest absolute Gasteiger partial charge is 0.353 e. The van der Waals surface area contributed by atoms with Gasteiger partial charge >= 0.3 is 0 Å². The minimum absolute atomic E-state index is 0.0283. The van der Waals surface area contributed by atoms with E-state index in [1.165, 1.54) is 42.4 Å². The fraction of sp³-hybridized carbons (Fsp3) is 0.588. The zero-order chi connectivity index (χ0) is 19.1. The van der Waals surface area contributed by atoms with Crippen molar-refractivity contribution < 1.29 is 9.59 Å². The third-order valence-corrected chi connectivity index (χ3v) is 6.06. The highest BCUT2D eigenvalue weighted by Gasteiger charge is 2.18. The first kappa shape index (κ1) is 19.8. The molecule has 2 N–H and O–H groups in total. The average Bonchev–Trinajstić information content (AvgIpc) is 3.30. The van der Waals surface area contributed by atoms with Crippen LogP contribution < -0.4 is 10.6 Å². The van der Waals surface area contributed by atoms with Gasteiger partial charge in [-0.3, -0.25) is 9.59 Å². The summed E-state index contributed by atoms with van der Waals surface area (Å²) in [5, 5.41) is 17.2. The van der Waals surface area contributed by atoms with Crippen molar-refractivity contribution >= 4 is 40.0 Å². The Labute approximate surface area is 166 Å². The lowest BCUT2D eigenvalue weighted by atomic mass is 9.95. The molecule has 1 fully saturated rings. The Kier molecular flexibility index (Phi) is 7.22. The van der Waals surface area contributed by atoms with Gasteiger partial charge in [-0.15, -0.1) is 21.5 Å². The fourth-order valence-corrected chi connectivity index (χ4v) is 4.49. The second kappa shape index (κ2) is 9.84. The van der Waals surface area contributed by atoms with Gasteiger partial charge in [0, 0.05) is 24.2 Å². The monoisotopic (exact) mass is 408 g/mol. The molecule has 2 heterocycles. The fourth-order valence-electron chi connectivity index (χ4n) is 3.11. The highest BCUT2D eigenvalue weighted by atomic mass is 32.2. The summed E-state index contributed by atoms with van der Waals surface area (Å²) in [5.41, 5.74) is 0. The Bertz CT molecular complexity index is 756. The van der Waals surface area contributed by atoms with E-state index in [9.17, 15) is 9.59 Å². The van der Waals surface area contributed by atoms with Gasteiger partial charge in [-0.1, -0.05) is 31.0 Å². The molecule has 0 aliphatic heterocycles. The van der Waals surface area contributed by atoms with Crippen LogP contribution in [0.5, 0.6) is 0 Å². The summed E-state index contributed by atoms with van der Waals surface area (Å²) in [6, 6.07) is 0.306. The van der Waals surface area contributed by atoms with Crippen LogP contribution in [0.25, 0.3) is 0 Å². The highest BCUT2D eigenvalue weighted by molar-refractivity contribution is 7.99. The maximum Gasteiger partial charge on any atom is 0.233 e. The smallest absolute Gasteiger partial charge is 0.233 e. The first-order valence-corrected chi connectivity index (χ1v) is 11.1. The van der Waals surface area contributed by atoms with Gasteiger partial charge in [-0.05, 0) is 19.8 Å². The van der Waals surface area contributed by atoms with Crippen molar-refractivity contribution in [1.82, 2.24) is 25.1 Å². The molecule has 0 bridgehead atoms. The molecule has 146 valence electrons. The molecule has 1 aliphatic rings. The van der Waals surface area contributed by atoms with Crippen molar-refractivity contribution in [3.8, 4) is 0 Å². The van der Waals surface area contributed by atoms with Gasteiger partial charge in [0.15, 0.2) is 10.3 Å². The molecule has 27 heavy (non-hydrogen) atoms. The summed E-state index contributed by atoms with van der Waals surface area (Å²) in [5.74, 6) is 0.737. The van der Waals surface area contributed by atoms with Crippen LogP contribution in [0, 0.1) is 0 Å². The Morgan fingerprint density at radius 3 is 2.78 bits per heavy atom. The van der Waals surface area contributed by atoms with Crippen LogP contribution in [0.3, 0.4) is 0 Å². The summed E-state index contributed by atoms with van der Waals surface area (Å²) in [6.07, 6.45) is 7.54. The van der Waals surface area contributed by atoms with E-state index in [1.54, 1.807) is 11.6 Å². The van der Waals surface area contributed by atoms with E-state index in [4.69, 9.17) is 0 Å². The maximum atomic E-state index is 12.2. The van der Waals surface area contributed by atoms with Crippen LogP contribution in [0.1, 0.15) is 44.9 Å². The van der Waals surface area contributed by atoms with Crippen LogP contribution in [0.15, 0.2) is 16.7 Å². The minimum atomic E-state index is -0.182. The number of carbonyl (C=O) groups is 2. The van der Waals surface area contributed by atoms with Gasteiger partial charge in [0.2, 0.25) is 11.8 Å². The van der Waals surface area contributed by atoms with E-state index in [-0.39, 0.29) is 18.2 Å². The van der Waals surface area contributed by atoms with E-state index in [1.807, 2.05) is 11.5 Å². The molecule has 1 saturated carbocycles. The molecule has 10 heteroatoms. The lowest BCUT2D eigenvalue weighted by Gasteiger charge is -2.22. The highest BCUT2D eigenvalue weighted by Crippen LogP contribution is 2.20. The SMILES string of the molecule is CCn1c(CC(=O)Nc2nccs2)nnc1SCC(=O)NC1CCCCC1. The number of rotatable bonds is 8. The van der Waals surface area contributed by atoms with Gasteiger partial charge in [0.1, 0.15) is 5.82 Å². The minimum Gasteiger partial charge on any atom is -0.353 e. The number of nitrogens with one attached hydrogen (secondary N) is 2. The number of hydrogen-bond acceptors (Lipinski definition) is 7. The average molecular weight is 409 g/mol. The van der Waals surface area contributed by atoms with Crippen molar-refractivity contribution in [2.45, 2.75) is 63.2 Å². The molecule has 0 aromatic carbocycles. The molecule has 8 nitrogen and oxygen atoms in total. The number of carbonyl (C=O) groups excluding carboxylic acids is 2. The summed E-state index contributed by atoms with van der Waals surface area (Å²) in [6.45, 7) is 2.61. The normalized spacial score (nSPS) is 14.9. The molecule has 0 unspecified atom stereocenters. The Balaban J connectivity index is 1.52. The van der Waals surface area contributed by atoms with Crippen molar-refractivity contribution in [2.75, 3.05) is 11.1 Å².